The van der Waals surface area contributed by atoms with Crippen molar-refractivity contribution < 1.29 is 17.9 Å². The monoisotopic (exact) mass is 362 g/mol. The van der Waals surface area contributed by atoms with Gasteiger partial charge in [-0.25, -0.2) is 0 Å². The summed E-state index contributed by atoms with van der Waals surface area (Å²) in [6.45, 7) is 4.33. The summed E-state index contributed by atoms with van der Waals surface area (Å²) in [5, 5.41) is 3.39. The summed E-state index contributed by atoms with van der Waals surface area (Å²) in [7, 11) is 0. The van der Waals surface area contributed by atoms with E-state index in [1.165, 1.54) is 0 Å². The van der Waals surface area contributed by atoms with E-state index in [2.05, 4.69) is 10.2 Å². The van der Waals surface area contributed by atoms with E-state index in [9.17, 15) is 13.2 Å². The van der Waals surface area contributed by atoms with Gasteiger partial charge in [0, 0.05) is 50.5 Å². The first-order valence-corrected chi connectivity index (χ1v) is 8.74. The number of nitrogens with zero attached hydrogens (tertiary/aromatic N) is 1. The molecule has 0 aliphatic carbocycles. The molecular formula is C17H22ClF3N2O. The molecule has 0 radical (unpaired) electrons. The third-order valence-electron chi connectivity index (χ3n) is 4.90. The second-order valence-corrected chi connectivity index (χ2v) is 6.85. The van der Waals surface area contributed by atoms with Crippen molar-refractivity contribution in [2.75, 3.05) is 39.4 Å². The van der Waals surface area contributed by atoms with Crippen molar-refractivity contribution in [2.24, 2.45) is 5.92 Å². The van der Waals surface area contributed by atoms with Crippen LogP contribution in [-0.4, -0.2) is 44.3 Å². The average molecular weight is 363 g/mol. The van der Waals surface area contributed by atoms with Gasteiger partial charge in [0.2, 0.25) is 0 Å². The van der Waals surface area contributed by atoms with Gasteiger partial charge in [-0.05, 0) is 36.5 Å². The number of benzene rings is 1. The predicted molar refractivity (Wildman–Crippen MR) is 87.2 cm³/mol. The summed E-state index contributed by atoms with van der Waals surface area (Å²) < 4.78 is 46.2. The molecule has 2 saturated heterocycles. The van der Waals surface area contributed by atoms with Gasteiger partial charge in [0.05, 0.1) is 5.56 Å². The van der Waals surface area contributed by atoms with E-state index >= 15 is 0 Å². The van der Waals surface area contributed by atoms with Gasteiger partial charge in [-0.1, -0.05) is 17.7 Å². The first kappa shape index (κ1) is 18.0. The Labute approximate surface area is 145 Å². The van der Waals surface area contributed by atoms with Crippen LogP contribution in [0.5, 0.6) is 0 Å². The molecule has 1 aromatic carbocycles. The topological polar surface area (TPSA) is 24.5 Å². The summed E-state index contributed by atoms with van der Waals surface area (Å²) >= 11 is 5.86. The number of hydrogen-bond acceptors (Lipinski definition) is 3. The van der Waals surface area contributed by atoms with Gasteiger partial charge in [-0.3, -0.25) is 4.90 Å². The molecule has 0 unspecified atom stereocenters. The third-order valence-corrected chi connectivity index (χ3v) is 5.13. The Morgan fingerprint density at radius 3 is 2.46 bits per heavy atom. The van der Waals surface area contributed by atoms with Crippen LogP contribution in [0, 0.1) is 5.92 Å². The van der Waals surface area contributed by atoms with Gasteiger partial charge in [0.25, 0.3) is 0 Å². The molecule has 2 aliphatic heterocycles. The highest BCUT2D eigenvalue weighted by molar-refractivity contribution is 6.30. The summed E-state index contributed by atoms with van der Waals surface area (Å²) in [6.07, 6.45) is -2.83. The van der Waals surface area contributed by atoms with Crippen molar-refractivity contribution in [1.82, 2.24) is 10.2 Å². The van der Waals surface area contributed by atoms with Gasteiger partial charge in [0.15, 0.2) is 0 Å². The van der Waals surface area contributed by atoms with Crippen LogP contribution in [0.15, 0.2) is 18.2 Å². The fourth-order valence-corrected chi connectivity index (χ4v) is 3.94. The Balaban J connectivity index is 2.01. The van der Waals surface area contributed by atoms with Crippen LogP contribution in [0.1, 0.15) is 30.0 Å². The molecule has 0 saturated carbocycles. The Morgan fingerprint density at radius 2 is 1.83 bits per heavy atom. The second-order valence-electron chi connectivity index (χ2n) is 6.41. The Bertz CT molecular complexity index is 537. The van der Waals surface area contributed by atoms with Crippen molar-refractivity contribution >= 4 is 11.6 Å². The van der Waals surface area contributed by atoms with Crippen LogP contribution < -0.4 is 5.32 Å². The fourth-order valence-electron chi connectivity index (χ4n) is 3.77. The molecule has 3 rings (SSSR count). The molecule has 1 aromatic rings. The molecule has 0 spiro atoms. The highest BCUT2D eigenvalue weighted by Crippen LogP contribution is 2.42. The largest absolute Gasteiger partial charge is 0.416 e. The number of ether oxygens (including phenoxy) is 1. The lowest BCUT2D eigenvalue weighted by Gasteiger charge is -2.42. The quantitative estimate of drug-likeness (QED) is 0.886. The van der Waals surface area contributed by atoms with Gasteiger partial charge in [-0.15, -0.1) is 0 Å². The highest BCUT2D eigenvalue weighted by atomic mass is 35.5. The lowest BCUT2D eigenvalue weighted by molar-refractivity contribution is -0.139. The molecular weight excluding hydrogens is 341 g/mol. The average Bonchev–Trinajstić information content (AvgIpc) is 2.57. The standard InChI is InChI=1S/C17H22ClF3N2O/c18-13-1-2-14(15(11-13)17(19,20)21)16(12-3-9-24-10-4-12)23-7-5-22-6-8-23/h1-2,11-12,16,22H,3-10H2/t16-/m1/s1. The summed E-state index contributed by atoms with van der Waals surface area (Å²) in [5.74, 6) is 0.166. The number of halogens is 4. The van der Waals surface area contributed by atoms with E-state index in [0.717, 1.165) is 45.1 Å². The van der Waals surface area contributed by atoms with E-state index in [1.807, 2.05) is 0 Å². The van der Waals surface area contributed by atoms with Gasteiger partial charge in [0.1, 0.15) is 0 Å². The highest BCUT2D eigenvalue weighted by Gasteiger charge is 2.39. The van der Waals surface area contributed by atoms with E-state index in [0.29, 0.717) is 18.8 Å². The number of nitrogens with one attached hydrogen (secondary N) is 1. The molecule has 2 heterocycles. The second kappa shape index (κ2) is 7.60. The first-order chi connectivity index (χ1) is 11.5. The fraction of sp³-hybridized carbons (Fsp3) is 0.647. The molecule has 1 atom stereocenters. The molecule has 0 amide bonds. The van der Waals surface area contributed by atoms with Crippen molar-refractivity contribution in [3.63, 3.8) is 0 Å². The molecule has 0 aromatic heterocycles. The third kappa shape index (κ3) is 4.04. The van der Waals surface area contributed by atoms with Gasteiger partial charge < -0.3 is 10.1 Å². The maximum absolute atomic E-state index is 13.6. The molecule has 7 heteroatoms. The van der Waals surface area contributed by atoms with Crippen LogP contribution in [-0.2, 0) is 10.9 Å². The minimum Gasteiger partial charge on any atom is -0.381 e. The summed E-state index contributed by atoms with van der Waals surface area (Å²) in [6, 6.07) is 3.95. The molecule has 0 bridgehead atoms. The normalized spacial score (nSPS) is 22.5. The van der Waals surface area contributed by atoms with Gasteiger partial charge >= 0.3 is 6.18 Å². The maximum Gasteiger partial charge on any atom is 0.416 e. The zero-order valence-corrected chi connectivity index (χ0v) is 14.2. The Kier molecular flexibility index (Phi) is 5.70. The summed E-state index contributed by atoms with van der Waals surface area (Å²) in [5.41, 5.74) is -0.259. The molecule has 2 fully saturated rings. The van der Waals surface area contributed by atoms with Crippen molar-refractivity contribution in [1.29, 1.82) is 0 Å². The molecule has 2 aliphatic rings. The molecule has 24 heavy (non-hydrogen) atoms. The minimum absolute atomic E-state index is 0.122. The minimum atomic E-state index is -4.41. The zero-order valence-electron chi connectivity index (χ0n) is 13.4. The van der Waals surface area contributed by atoms with Crippen molar-refractivity contribution in [2.45, 2.75) is 25.1 Å². The Hall–Kier alpha value is -0.820. The van der Waals surface area contributed by atoms with E-state index < -0.39 is 11.7 Å². The number of hydrogen-bond donors (Lipinski definition) is 1. The van der Waals surface area contributed by atoms with Crippen LogP contribution in [0.2, 0.25) is 5.02 Å². The zero-order chi connectivity index (χ0) is 17.2. The Morgan fingerprint density at radius 1 is 1.17 bits per heavy atom. The molecule has 1 N–H and O–H groups in total. The van der Waals surface area contributed by atoms with E-state index in [1.54, 1.807) is 12.1 Å². The van der Waals surface area contributed by atoms with E-state index in [-0.39, 0.29) is 17.0 Å². The van der Waals surface area contributed by atoms with Crippen molar-refractivity contribution in [3.05, 3.63) is 34.3 Å². The lowest BCUT2D eigenvalue weighted by atomic mass is 9.83. The first-order valence-electron chi connectivity index (χ1n) is 8.36. The van der Waals surface area contributed by atoms with Gasteiger partial charge in [-0.2, -0.15) is 13.2 Å². The number of alkyl halides is 3. The molecule has 3 nitrogen and oxygen atoms in total. The maximum atomic E-state index is 13.6. The smallest absolute Gasteiger partial charge is 0.381 e. The lowest BCUT2D eigenvalue weighted by Crippen LogP contribution is -2.48. The number of rotatable bonds is 3. The van der Waals surface area contributed by atoms with Crippen molar-refractivity contribution in [3.8, 4) is 0 Å². The van der Waals surface area contributed by atoms with Crippen LogP contribution in [0.25, 0.3) is 0 Å². The molecule has 134 valence electrons. The van der Waals surface area contributed by atoms with Crippen LogP contribution >= 0.6 is 11.6 Å². The number of piperazine rings is 1. The van der Waals surface area contributed by atoms with E-state index in [4.69, 9.17) is 16.3 Å². The SMILES string of the molecule is FC(F)(F)c1cc(Cl)ccc1[C@@H](C1CCOCC1)N1CCNCC1. The predicted octanol–water partition coefficient (Wildman–Crippen LogP) is 3.73. The van der Waals surface area contributed by atoms with Crippen LogP contribution in [0.4, 0.5) is 13.2 Å². The van der Waals surface area contributed by atoms with Crippen LogP contribution in [0.3, 0.4) is 0 Å². The summed E-state index contributed by atoms with van der Waals surface area (Å²) in [4.78, 5) is 2.19.